The summed E-state index contributed by atoms with van der Waals surface area (Å²) in [5, 5.41) is 5.40. The Kier molecular flexibility index (Phi) is 7.57. The molecule has 0 aliphatic heterocycles. The standard InChI is InChI=1S/C14H22FN3O2/c1-3-5-9-20-10-8-18-14(19)11-6-7-17-13(12(11)15)16-4-2/h6-7H,3-5,8-10H2,1-2H3,(H,16,17)(H,18,19). The van der Waals surface area contributed by atoms with Gasteiger partial charge in [-0.1, -0.05) is 13.3 Å². The maximum atomic E-state index is 14.0. The number of unbranched alkanes of at least 4 members (excludes halogenated alkanes) is 1. The molecule has 0 spiro atoms. The second-order valence-corrected chi connectivity index (χ2v) is 4.27. The maximum Gasteiger partial charge on any atom is 0.254 e. The van der Waals surface area contributed by atoms with E-state index in [1.165, 1.54) is 12.3 Å². The topological polar surface area (TPSA) is 63.2 Å². The Labute approximate surface area is 118 Å². The van der Waals surface area contributed by atoms with E-state index in [1.54, 1.807) is 0 Å². The van der Waals surface area contributed by atoms with E-state index in [9.17, 15) is 9.18 Å². The molecule has 112 valence electrons. The molecule has 1 aromatic rings. The quantitative estimate of drug-likeness (QED) is 0.682. The largest absolute Gasteiger partial charge is 0.380 e. The minimum Gasteiger partial charge on any atom is -0.380 e. The van der Waals surface area contributed by atoms with Gasteiger partial charge < -0.3 is 15.4 Å². The van der Waals surface area contributed by atoms with Gasteiger partial charge >= 0.3 is 0 Å². The smallest absolute Gasteiger partial charge is 0.254 e. The van der Waals surface area contributed by atoms with Gasteiger partial charge in [-0.2, -0.15) is 0 Å². The van der Waals surface area contributed by atoms with Crippen molar-refractivity contribution in [2.45, 2.75) is 26.7 Å². The molecule has 1 rings (SSSR count). The van der Waals surface area contributed by atoms with Gasteiger partial charge in [-0.05, 0) is 19.4 Å². The number of aromatic nitrogens is 1. The number of hydrogen-bond donors (Lipinski definition) is 2. The number of hydrogen-bond acceptors (Lipinski definition) is 4. The number of nitrogens with zero attached hydrogens (tertiary/aromatic N) is 1. The number of carbonyl (C=O) groups is 1. The highest BCUT2D eigenvalue weighted by molar-refractivity contribution is 5.95. The fourth-order valence-corrected chi connectivity index (χ4v) is 1.59. The Morgan fingerprint density at radius 1 is 1.40 bits per heavy atom. The number of halogens is 1. The Balaban J connectivity index is 2.45. The molecule has 0 unspecified atom stereocenters. The number of amides is 1. The first kappa shape index (κ1) is 16.4. The summed E-state index contributed by atoms with van der Waals surface area (Å²) in [5.74, 6) is -0.985. The van der Waals surface area contributed by atoms with Crippen molar-refractivity contribution in [1.29, 1.82) is 0 Å². The van der Waals surface area contributed by atoms with E-state index in [0.29, 0.717) is 26.3 Å². The van der Waals surface area contributed by atoms with Crippen LogP contribution in [0.4, 0.5) is 10.2 Å². The van der Waals surface area contributed by atoms with Crippen LogP contribution in [-0.4, -0.2) is 37.2 Å². The van der Waals surface area contributed by atoms with Crippen molar-refractivity contribution in [1.82, 2.24) is 10.3 Å². The number of pyridine rings is 1. The highest BCUT2D eigenvalue weighted by Gasteiger charge is 2.15. The van der Waals surface area contributed by atoms with Crippen LogP contribution < -0.4 is 10.6 Å². The van der Waals surface area contributed by atoms with Crippen molar-refractivity contribution in [3.8, 4) is 0 Å². The third kappa shape index (κ3) is 5.13. The van der Waals surface area contributed by atoms with E-state index in [2.05, 4.69) is 22.5 Å². The zero-order chi connectivity index (χ0) is 14.8. The zero-order valence-electron chi connectivity index (χ0n) is 12.0. The Bertz CT molecular complexity index is 427. The summed E-state index contributed by atoms with van der Waals surface area (Å²) in [5.41, 5.74) is -0.00971. The summed E-state index contributed by atoms with van der Waals surface area (Å²) < 4.78 is 19.3. The molecule has 0 saturated heterocycles. The van der Waals surface area contributed by atoms with Crippen molar-refractivity contribution in [2.75, 3.05) is 31.6 Å². The van der Waals surface area contributed by atoms with Crippen LogP contribution in [0.1, 0.15) is 37.0 Å². The first-order valence-electron chi connectivity index (χ1n) is 6.95. The lowest BCUT2D eigenvalue weighted by Crippen LogP contribution is -2.28. The van der Waals surface area contributed by atoms with Gasteiger partial charge in [0.1, 0.15) is 0 Å². The van der Waals surface area contributed by atoms with Gasteiger partial charge in [0.25, 0.3) is 5.91 Å². The van der Waals surface area contributed by atoms with Crippen LogP contribution in [0, 0.1) is 5.82 Å². The number of rotatable bonds is 9. The first-order chi connectivity index (χ1) is 9.70. The van der Waals surface area contributed by atoms with E-state index in [4.69, 9.17) is 4.74 Å². The molecule has 1 aromatic heterocycles. The molecule has 2 N–H and O–H groups in total. The molecule has 0 bridgehead atoms. The van der Waals surface area contributed by atoms with Crippen LogP contribution in [0.5, 0.6) is 0 Å². The molecule has 6 heteroatoms. The Morgan fingerprint density at radius 2 is 2.20 bits per heavy atom. The summed E-state index contributed by atoms with van der Waals surface area (Å²) in [6.07, 6.45) is 3.48. The predicted molar refractivity (Wildman–Crippen MR) is 76.4 cm³/mol. The lowest BCUT2D eigenvalue weighted by atomic mass is 10.2. The van der Waals surface area contributed by atoms with Crippen LogP contribution >= 0.6 is 0 Å². The molecule has 0 fully saturated rings. The van der Waals surface area contributed by atoms with Gasteiger partial charge in [-0.15, -0.1) is 0 Å². The van der Waals surface area contributed by atoms with E-state index >= 15 is 0 Å². The summed E-state index contributed by atoms with van der Waals surface area (Å²) in [7, 11) is 0. The highest BCUT2D eigenvalue weighted by atomic mass is 19.1. The minimum absolute atomic E-state index is 0.00971. The molecule has 0 atom stereocenters. The third-order valence-electron chi connectivity index (χ3n) is 2.65. The van der Waals surface area contributed by atoms with Crippen molar-refractivity contribution in [3.05, 3.63) is 23.6 Å². The lowest BCUT2D eigenvalue weighted by Gasteiger charge is -2.09. The molecule has 0 aliphatic rings. The summed E-state index contributed by atoms with van der Waals surface area (Å²) in [4.78, 5) is 15.7. The monoisotopic (exact) mass is 283 g/mol. The van der Waals surface area contributed by atoms with Crippen LogP contribution in [0.25, 0.3) is 0 Å². The van der Waals surface area contributed by atoms with Crippen LogP contribution in [0.2, 0.25) is 0 Å². The van der Waals surface area contributed by atoms with Crippen molar-refractivity contribution >= 4 is 11.7 Å². The number of ether oxygens (including phenoxy) is 1. The van der Waals surface area contributed by atoms with E-state index in [1.807, 2.05) is 6.92 Å². The van der Waals surface area contributed by atoms with Gasteiger partial charge in [0.15, 0.2) is 11.6 Å². The Hall–Kier alpha value is -1.69. The molecule has 20 heavy (non-hydrogen) atoms. The van der Waals surface area contributed by atoms with E-state index in [0.717, 1.165) is 12.8 Å². The molecule has 5 nitrogen and oxygen atoms in total. The second-order valence-electron chi connectivity index (χ2n) is 4.27. The highest BCUT2D eigenvalue weighted by Crippen LogP contribution is 2.14. The van der Waals surface area contributed by atoms with Crippen molar-refractivity contribution < 1.29 is 13.9 Å². The van der Waals surface area contributed by atoms with Crippen molar-refractivity contribution in [3.63, 3.8) is 0 Å². The molecular formula is C14H22FN3O2. The fraction of sp³-hybridized carbons (Fsp3) is 0.571. The van der Waals surface area contributed by atoms with Crippen LogP contribution in [0.15, 0.2) is 12.3 Å². The van der Waals surface area contributed by atoms with Gasteiger partial charge in [0.2, 0.25) is 0 Å². The number of nitrogens with one attached hydrogen (secondary N) is 2. The summed E-state index contributed by atoms with van der Waals surface area (Å²) in [6.45, 7) is 5.93. The van der Waals surface area contributed by atoms with E-state index in [-0.39, 0.29) is 11.4 Å². The molecule has 0 aromatic carbocycles. The second kappa shape index (κ2) is 9.25. The average Bonchev–Trinajstić information content (AvgIpc) is 2.45. The molecule has 1 amide bonds. The number of carbonyl (C=O) groups excluding carboxylic acids is 1. The van der Waals surface area contributed by atoms with E-state index < -0.39 is 11.7 Å². The summed E-state index contributed by atoms with van der Waals surface area (Å²) in [6, 6.07) is 1.36. The molecule has 0 saturated carbocycles. The van der Waals surface area contributed by atoms with Crippen LogP contribution in [0.3, 0.4) is 0 Å². The molecule has 1 heterocycles. The maximum absolute atomic E-state index is 14.0. The van der Waals surface area contributed by atoms with Crippen molar-refractivity contribution in [2.24, 2.45) is 0 Å². The number of anilines is 1. The molecule has 0 radical (unpaired) electrons. The molecule has 0 aliphatic carbocycles. The summed E-state index contributed by atoms with van der Waals surface area (Å²) >= 11 is 0. The SMILES string of the molecule is CCCCOCCNC(=O)c1ccnc(NCC)c1F. The molecular weight excluding hydrogens is 261 g/mol. The minimum atomic E-state index is -0.626. The third-order valence-corrected chi connectivity index (χ3v) is 2.65. The Morgan fingerprint density at radius 3 is 2.90 bits per heavy atom. The first-order valence-corrected chi connectivity index (χ1v) is 6.95. The lowest BCUT2D eigenvalue weighted by molar-refractivity contribution is 0.0909. The predicted octanol–water partition coefficient (Wildman–Crippen LogP) is 2.20. The van der Waals surface area contributed by atoms with Gasteiger partial charge in [0, 0.05) is 25.9 Å². The average molecular weight is 283 g/mol. The zero-order valence-corrected chi connectivity index (χ0v) is 12.0. The van der Waals surface area contributed by atoms with Gasteiger partial charge in [0.05, 0.1) is 12.2 Å². The fourth-order valence-electron chi connectivity index (χ4n) is 1.59. The van der Waals surface area contributed by atoms with Crippen LogP contribution in [-0.2, 0) is 4.74 Å². The normalized spacial score (nSPS) is 10.3. The van der Waals surface area contributed by atoms with Gasteiger partial charge in [-0.3, -0.25) is 4.79 Å². The van der Waals surface area contributed by atoms with Gasteiger partial charge in [-0.25, -0.2) is 9.37 Å².